The van der Waals surface area contributed by atoms with E-state index in [4.69, 9.17) is 9.53 Å². The third-order valence-corrected chi connectivity index (χ3v) is 3.33. The standard InChI is InChI=1S/C4H11FO2Si/c1-7-8(2,3-5)4-6/h6H,3-4H2,1-2H3. The summed E-state index contributed by atoms with van der Waals surface area (Å²) in [4.78, 5) is 0. The third kappa shape index (κ3) is 1.89. The summed E-state index contributed by atoms with van der Waals surface area (Å²) >= 11 is 0. The molecule has 1 N–H and O–H groups in total. The maximum Gasteiger partial charge on any atom is 0.244 e. The van der Waals surface area contributed by atoms with Gasteiger partial charge >= 0.3 is 0 Å². The van der Waals surface area contributed by atoms with Gasteiger partial charge in [0.15, 0.2) is 0 Å². The van der Waals surface area contributed by atoms with Crippen LogP contribution in [0, 0.1) is 0 Å². The van der Waals surface area contributed by atoms with Crippen molar-refractivity contribution in [3.63, 3.8) is 0 Å². The van der Waals surface area contributed by atoms with Crippen molar-refractivity contribution in [2.75, 3.05) is 19.6 Å². The fraction of sp³-hybridized carbons (Fsp3) is 1.00. The van der Waals surface area contributed by atoms with Crippen molar-refractivity contribution >= 4 is 8.32 Å². The second-order valence-corrected chi connectivity index (χ2v) is 5.84. The molecule has 50 valence electrons. The zero-order valence-corrected chi connectivity index (χ0v) is 6.15. The Bertz CT molecular complexity index is 56.8. The molecule has 0 aliphatic carbocycles. The SMILES string of the molecule is CO[Si](C)(CO)CF. The summed E-state index contributed by atoms with van der Waals surface area (Å²) in [6, 6.07) is 0. The normalized spacial score (nSPS) is 18.0. The minimum atomic E-state index is -2.28. The molecule has 0 aromatic heterocycles. The molecule has 0 fully saturated rings. The van der Waals surface area contributed by atoms with E-state index in [1.807, 2.05) is 0 Å². The number of aliphatic hydroxyl groups excluding tert-OH is 1. The summed E-state index contributed by atoms with van der Waals surface area (Å²) in [7, 11) is -0.850. The summed E-state index contributed by atoms with van der Waals surface area (Å²) in [5.74, 6) is 0. The van der Waals surface area contributed by atoms with E-state index in [0.717, 1.165) is 0 Å². The molecule has 0 aromatic rings. The molecule has 1 unspecified atom stereocenters. The van der Waals surface area contributed by atoms with Crippen molar-refractivity contribution in [2.24, 2.45) is 0 Å². The van der Waals surface area contributed by atoms with Gasteiger partial charge in [0.1, 0.15) is 6.30 Å². The van der Waals surface area contributed by atoms with Crippen LogP contribution in [0.5, 0.6) is 0 Å². The van der Waals surface area contributed by atoms with E-state index in [0.29, 0.717) is 0 Å². The number of aliphatic hydroxyl groups is 1. The fourth-order valence-corrected chi connectivity index (χ4v) is 0.484. The molecule has 8 heavy (non-hydrogen) atoms. The van der Waals surface area contributed by atoms with Gasteiger partial charge in [-0.15, -0.1) is 0 Å². The first kappa shape index (κ1) is 8.07. The fourth-order valence-electron chi connectivity index (χ4n) is 0.161. The highest BCUT2D eigenvalue weighted by molar-refractivity contribution is 6.72. The highest BCUT2D eigenvalue weighted by Gasteiger charge is 2.26. The maximum atomic E-state index is 11.8. The van der Waals surface area contributed by atoms with Crippen LogP contribution < -0.4 is 0 Å². The van der Waals surface area contributed by atoms with E-state index in [2.05, 4.69) is 0 Å². The van der Waals surface area contributed by atoms with E-state index in [1.165, 1.54) is 7.11 Å². The average Bonchev–Trinajstić information content (AvgIpc) is 1.87. The lowest BCUT2D eigenvalue weighted by atomic mass is 11.7. The van der Waals surface area contributed by atoms with Crippen LogP contribution in [0.1, 0.15) is 0 Å². The lowest BCUT2D eigenvalue weighted by Crippen LogP contribution is -2.41. The molecule has 1 atom stereocenters. The van der Waals surface area contributed by atoms with Gasteiger partial charge in [0.25, 0.3) is 0 Å². The van der Waals surface area contributed by atoms with Gasteiger partial charge in [0.2, 0.25) is 8.32 Å². The largest absolute Gasteiger partial charge is 0.415 e. The predicted octanol–water partition coefficient (Wildman–Crippen LogP) is 0.248. The monoisotopic (exact) mass is 138 g/mol. The Labute approximate surface area is 49.4 Å². The molecule has 0 aromatic carbocycles. The van der Waals surface area contributed by atoms with Crippen molar-refractivity contribution in [1.29, 1.82) is 0 Å². The molecule has 0 radical (unpaired) electrons. The third-order valence-electron chi connectivity index (χ3n) is 1.11. The van der Waals surface area contributed by atoms with Crippen LogP contribution in [0.25, 0.3) is 0 Å². The molecule has 0 saturated heterocycles. The maximum absolute atomic E-state index is 11.8. The lowest BCUT2D eigenvalue weighted by molar-refractivity contribution is 0.289. The molecule has 4 heteroatoms. The van der Waals surface area contributed by atoms with Crippen LogP contribution in [0.15, 0.2) is 0 Å². The molecule has 0 aliphatic heterocycles. The van der Waals surface area contributed by atoms with E-state index < -0.39 is 14.6 Å². The molecular formula is C4H11FO2Si. The summed E-state index contributed by atoms with van der Waals surface area (Å²) in [5, 5.41) is 8.48. The highest BCUT2D eigenvalue weighted by atomic mass is 28.4. The Morgan fingerprint density at radius 1 is 1.75 bits per heavy atom. The van der Waals surface area contributed by atoms with Crippen molar-refractivity contribution in [1.82, 2.24) is 0 Å². The van der Waals surface area contributed by atoms with Crippen LogP contribution in [-0.2, 0) is 4.43 Å². The van der Waals surface area contributed by atoms with Crippen LogP contribution in [0.3, 0.4) is 0 Å². The molecule has 0 spiro atoms. The van der Waals surface area contributed by atoms with E-state index in [-0.39, 0.29) is 6.23 Å². The molecule has 0 aliphatic rings. The first-order valence-corrected chi connectivity index (χ1v) is 5.23. The zero-order valence-electron chi connectivity index (χ0n) is 5.15. The van der Waals surface area contributed by atoms with Crippen molar-refractivity contribution in [3.8, 4) is 0 Å². The van der Waals surface area contributed by atoms with Crippen LogP contribution in [0.2, 0.25) is 6.55 Å². The van der Waals surface area contributed by atoms with Gasteiger partial charge in [-0.1, -0.05) is 0 Å². The quantitative estimate of drug-likeness (QED) is 0.566. The molecule has 0 amide bonds. The number of rotatable bonds is 3. The Morgan fingerprint density at radius 3 is 2.25 bits per heavy atom. The average molecular weight is 138 g/mol. The van der Waals surface area contributed by atoms with E-state index in [9.17, 15) is 4.39 Å². The minimum absolute atomic E-state index is 0.139. The Balaban J connectivity index is 3.58. The van der Waals surface area contributed by atoms with Gasteiger partial charge in [-0.3, -0.25) is 4.39 Å². The van der Waals surface area contributed by atoms with Crippen molar-refractivity contribution < 1.29 is 13.9 Å². The van der Waals surface area contributed by atoms with Gasteiger partial charge in [0.05, 0.1) is 6.23 Å². The molecule has 0 bridgehead atoms. The second-order valence-electron chi connectivity index (χ2n) is 1.95. The van der Waals surface area contributed by atoms with Gasteiger partial charge in [-0.25, -0.2) is 0 Å². The van der Waals surface area contributed by atoms with Crippen LogP contribution in [-0.4, -0.2) is 33.1 Å². The number of hydrogen-bond acceptors (Lipinski definition) is 2. The summed E-state index contributed by atoms with van der Waals surface area (Å²) in [5.41, 5.74) is 0. The smallest absolute Gasteiger partial charge is 0.244 e. The van der Waals surface area contributed by atoms with Gasteiger partial charge in [-0.05, 0) is 6.55 Å². The van der Waals surface area contributed by atoms with Crippen LogP contribution in [0.4, 0.5) is 4.39 Å². The minimum Gasteiger partial charge on any atom is -0.415 e. The Morgan fingerprint density at radius 2 is 2.25 bits per heavy atom. The first-order chi connectivity index (χ1) is 3.68. The number of hydrogen-bond donors (Lipinski definition) is 1. The molecular weight excluding hydrogens is 127 g/mol. The van der Waals surface area contributed by atoms with Crippen molar-refractivity contribution in [2.45, 2.75) is 6.55 Å². The molecule has 0 heterocycles. The van der Waals surface area contributed by atoms with E-state index >= 15 is 0 Å². The number of halogens is 1. The highest BCUT2D eigenvalue weighted by Crippen LogP contribution is 2.00. The second kappa shape index (κ2) is 3.16. The molecule has 0 rings (SSSR count). The van der Waals surface area contributed by atoms with Gasteiger partial charge in [-0.2, -0.15) is 0 Å². The van der Waals surface area contributed by atoms with Crippen molar-refractivity contribution in [3.05, 3.63) is 0 Å². The van der Waals surface area contributed by atoms with Crippen LogP contribution >= 0.6 is 0 Å². The summed E-state index contributed by atoms with van der Waals surface area (Å²) in [6.45, 7) is 1.65. The zero-order chi connectivity index (χ0) is 6.62. The number of alkyl halides is 1. The summed E-state index contributed by atoms with van der Waals surface area (Å²) < 4.78 is 16.6. The Hall–Kier alpha value is 0.0669. The lowest BCUT2D eigenvalue weighted by Gasteiger charge is -2.17. The topological polar surface area (TPSA) is 29.5 Å². The van der Waals surface area contributed by atoms with E-state index in [1.54, 1.807) is 6.55 Å². The van der Waals surface area contributed by atoms with Gasteiger partial charge in [0, 0.05) is 7.11 Å². The Kier molecular flexibility index (Phi) is 3.19. The van der Waals surface area contributed by atoms with Gasteiger partial charge < -0.3 is 9.53 Å². The first-order valence-electron chi connectivity index (χ1n) is 2.40. The molecule has 2 nitrogen and oxygen atoms in total. The predicted molar refractivity (Wildman–Crippen MR) is 31.7 cm³/mol. The summed E-state index contributed by atoms with van der Waals surface area (Å²) in [6.07, 6.45) is -0.653. The molecule has 0 saturated carbocycles.